The number of allylic oxidation sites excluding steroid dienone is 4. The third kappa shape index (κ3) is 12.2. The predicted molar refractivity (Wildman–Crippen MR) is 77.4 cm³/mol. The van der Waals surface area contributed by atoms with E-state index in [1.807, 2.05) is 44.2 Å². The van der Waals surface area contributed by atoms with Crippen molar-refractivity contribution < 1.29 is 0 Å². The highest BCUT2D eigenvalue weighted by atomic mass is 13.8. The summed E-state index contributed by atoms with van der Waals surface area (Å²) >= 11 is 0. The monoisotopic (exact) mass is 214 g/mol. The Labute approximate surface area is 100 Å². The maximum absolute atomic E-state index is 3.59. The Morgan fingerprint density at radius 1 is 0.812 bits per heavy atom. The minimum Gasteiger partial charge on any atom is -0.0991 e. The highest BCUT2D eigenvalue weighted by Crippen LogP contribution is 1.99. The predicted octanol–water partition coefficient (Wildman–Crippen LogP) is 5.27. The van der Waals surface area contributed by atoms with Gasteiger partial charge >= 0.3 is 0 Å². The second-order valence-electron chi connectivity index (χ2n) is 2.48. The van der Waals surface area contributed by atoms with E-state index in [0.717, 1.165) is 0 Å². The molecule has 0 aromatic heterocycles. The van der Waals surface area contributed by atoms with E-state index in [1.54, 1.807) is 18.2 Å². The first-order valence-electron chi connectivity index (χ1n) is 5.42. The largest absolute Gasteiger partial charge is 0.0991 e. The van der Waals surface area contributed by atoms with Crippen LogP contribution in [0.25, 0.3) is 6.08 Å². The molecular weight excluding hydrogens is 192 g/mol. The molecule has 0 radical (unpaired) electrons. The molecule has 1 aromatic rings. The van der Waals surface area contributed by atoms with Gasteiger partial charge in [-0.2, -0.15) is 0 Å². The van der Waals surface area contributed by atoms with E-state index in [1.165, 1.54) is 5.56 Å². The van der Waals surface area contributed by atoms with Crippen LogP contribution in [0.4, 0.5) is 0 Å². The Hall–Kier alpha value is -1.82. The number of hydrogen-bond acceptors (Lipinski definition) is 0. The van der Waals surface area contributed by atoms with Crippen molar-refractivity contribution in [3.05, 3.63) is 79.9 Å². The lowest BCUT2D eigenvalue weighted by Crippen LogP contribution is -1.65. The lowest BCUT2D eigenvalue weighted by atomic mass is 10.2. The van der Waals surface area contributed by atoms with Crippen LogP contribution in [0.5, 0.6) is 0 Å². The van der Waals surface area contributed by atoms with Gasteiger partial charge in [-0.05, 0) is 5.56 Å². The summed E-state index contributed by atoms with van der Waals surface area (Å²) in [5.74, 6) is 0. The third-order valence-electron chi connectivity index (χ3n) is 1.39. The average molecular weight is 214 g/mol. The first-order valence-corrected chi connectivity index (χ1v) is 5.42. The summed E-state index contributed by atoms with van der Waals surface area (Å²) < 4.78 is 0. The highest BCUT2D eigenvalue weighted by Gasteiger charge is 1.78. The van der Waals surface area contributed by atoms with Crippen LogP contribution in [0.3, 0.4) is 0 Å². The van der Waals surface area contributed by atoms with Crippen LogP contribution >= 0.6 is 0 Å². The molecule has 0 aliphatic heterocycles. The maximum atomic E-state index is 3.59. The molecule has 0 aliphatic carbocycles. The Balaban J connectivity index is 0. The van der Waals surface area contributed by atoms with Crippen molar-refractivity contribution in [1.29, 1.82) is 0 Å². The molecule has 0 saturated carbocycles. The fraction of sp³-hybridized carbons (Fsp3) is 0.125. The van der Waals surface area contributed by atoms with Crippen LogP contribution in [0, 0.1) is 0 Å². The average Bonchev–Trinajstić information content (AvgIpc) is 2.40. The van der Waals surface area contributed by atoms with Crippen molar-refractivity contribution in [2.45, 2.75) is 13.8 Å². The second-order valence-corrected chi connectivity index (χ2v) is 2.48. The zero-order valence-electron chi connectivity index (χ0n) is 10.4. The maximum Gasteiger partial charge on any atom is -0.0257 e. The van der Waals surface area contributed by atoms with Gasteiger partial charge in [-0.3, -0.25) is 0 Å². The van der Waals surface area contributed by atoms with Gasteiger partial charge in [-0.25, -0.2) is 0 Å². The highest BCUT2D eigenvalue weighted by molar-refractivity contribution is 5.50. The fourth-order valence-electron chi connectivity index (χ4n) is 0.743. The number of benzene rings is 1. The second kappa shape index (κ2) is 15.6. The van der Waals surface area contributed by atoms with Crippen LogP contribution < -0.4 is 0 Å². The van der Waals surface area contributed by atoms with E-state index < -0.39 is 0 Å². The minimum absolute atomic E-state index is 1.21. The molecule has 0 N–H and O–H groups in total. The Bertz CT molecular complexity index is 285. The van der Waals surface area contributed by atoms with E-state index in [-0.39, 0.29) is 0 Å². The van der Waals surface area contributed by atoms with Gasteiger partial charge in [0, 0.05) is 0 Å². The molecule has 0 unspecified atom stereocenters. The fourth-order valence-corrected chi connectivity index (χ4v) is 0.743. The Morgan fingerprint density at radius 3 is 1.69 bits per heavy atom. The van der Waals surface area contributed by atoms with Gasteiger partial charge in [0.05, 0.1) is 0 Å². The van der Waals surface area contributed by atoms with Gasteiger partial charge in [0.15, 0.2) is 0 Å². The molecule has 0 bridgehead atoms. The molecular formula is C16H22. The standard InChI is InChI=1S/C10H10.C4H6.C2H6/c1-2-3-7-10-8-5-4-6-9-10;1-3-4-2;1-2/h2-9H,1H2;3-4H,1-2H2;1-2H3/b7-3+;;. The topological polar surface area (TPSA) is 0 Å². The zero-order chi connectivity index (χ0) is 12.6. The summed E-state index contributed by atoms with van der Waals surface area (Å²) in [6.45, 7) is 14.3. The number of hydrogen-bond donors (Lipinski definition) is 0. The summed E-state index contributed by atoms with van der Waals surface area (Å²) in [5, 5.41) is 0. The van der Waals surface area contributed by atoms with E-state index >= 15 is 0 Å². The van der Waals surface area contributed by atoms with E-state index in [9.17, 15) is 0 Å². The molecule has 0 aliphatic rings. The van der Waals surface area contributed by atoms with E-state index in [4.69, 9.17) is 0 Å². The Morgan fingerprint density at radius 2 is 1.31 bits per heavy atom. The molecule has 0 heterocycles. The van der Waals surface area contributed by atoms with Gasteiger partial charge < -0.3 is 0 Å². The lowest BCUT2D eigenvalue weighted by molar-refractivity contribution is 1.50. The van der Waals surface area contributed by atoms with Gasteiger partial charge in [-0.1, -0.05) is 94.3 Å². The van der Waals surface area contributed by atoms with Crippen molar-refractivity contribution in [2.75, 3.05) is 0 Å². The molecule has 0 fully saturated rings. The molecule has 0 heteroatoms. The molecule has 1 rings (SSSR count). The smallest absolute Gasteiger partial charge is 0.0257 e. The van der Waals surface area contributed by atoms with E-state index in [2.05, 4.69) is 31.9 Å². The first-order chi connectivity index (χ1) is 7.85. The molecule has 0 amide bonds. The lowest BCUT2D eigenvalue weighted by Gasteiger charge is -1.87. The molecule has 0 nitrogen and oxygen atoms in total. The van der Waals surface area contributed by atoms with Crippen molar-refractivity contribution >= 4 is 6.08 Å². The zero-order valence-corrected chi connectivity index (χ0v) is 10.4. The molecule has 0 spiro atoms. The van der Waals surface area contributed by atoms with Crippen LogP contribution in [0.2, 0.25) is 0 Å². The van der Waals surface area contributed by atoms with Gasteiger partial charge in [0.2, 0.25) is 0 Å². The van der Waals surface area contributed by atoms with Crippen molar-refractivity contribution in [3.8, 4) is 0 Å². The van der Waals surface area contributed by atoms with Crippen molar-refractivity contribution in [2.24, 2.45) is 0 Å². The summed E-state index contributed by atoms with van der Waals surface area (Å²) in [4.78, 5) is 0. The number of rotatable bonds is 3. The van der Waals surface area contributed by atoms with Crippen LogP contribution in [0.1, 0.15) is 19.4 Å². The van der Waals surface area contributed by atoms with Crippen molar-refractivity contribution in [1.82, 2.24) is 0 Å². The first kappa shape index (κ1) is 16.6. The summed E-state index contributed by atoms with van der Waals surface area (Å²) in [6, 6.07) is 10.1. The molecule has 1 aromatic carbocycles. The molecule has 0 saturated heterocycles. The van der Waals surface area contributed by atoms with Gasteiger partial charge in [0.25, 0.3) is 0 Å². The summed E-state index contributed by atoms with van der Waals surface area (Å²) in [7, 11) is 0. The Kier molecular flexibility index (Phi) is 16.2. The van der Waals surface area contributed by atoms with E-state index in [0.29, 0.717) is 0 Å². The quantitative estimate of drug-likeness (QED) is 0.601. The normalized spacial score (nSPS) is 7.88. The molecule has 86 valence electrons. The SMILES string of the molecule is C=C/C=C/c1ccccc1.C=CC=C.CC. The minimum atomic E-state index is 1.21. The van der Waals surface area contributed by atoms with Gasteiger partial charge in [-0.15, -0.1) is 0 Å². The van der Waals surface area contributed by atoms with Crippen LogP contribution in [-0.4, -0.2) is 0 Å². The summed E-state index contributed by atoms with van der Waals surface area (Å²) in [6.07, 6.45) is 9.00. The van der Waals surface area contributed by atoms with Gasteiger partial charge in [0.1, 0.15) is 0 Å². The molecule has 0 atom stereocenters. The summed E-state index contributed by atoms with van der Waals surface area (Å²) in [5.41, 5.74) is 1.21. The van der Waals surface area contributed by atoms with Crippen LogP contribution in [-0.2, 0) is 0 Å². The van der Waals surface area contributed by atoms with Crippen LogP contribution in [0.15, 0.2) is 74.4 Å². The van der Waals surface area contributed by atoms with Crippen molar-refractivity contribution in [3.63, 3.8) is 0 Å². The molecule has 16 heavy (non-hydrogen) atoms. The third-order valence-corrected chi connectivity index (χ3v) is 1.39.